The second kappa shape index (κ2) is 5.83. The number of aromatic nitrogens is 3. The molecule has 106 valence electrons. The summed E-state index contributed by atoms with van der Waals surface area (Å²) in [6.07, 6.45) is 5.65. The maximum Gasteiger partial charge on any atom is 0.267 e. The van der Waals surface area contributed by atoms with Gasteiger partial charge >= 0.3 is 0 Å². The Morgan fingerprint density at radius 2 is 1.80 bits per heavy atom. The van der Waals surface area contributed by atoms with Gasteiger partial charge in [0.05, 0.1) is 18.1 Å². The summed E-state index contributed by atoms with van der Waals surface area (Å²) in [6.45, 7) is 2.58. The standard InChI is InChI=1S/C12H15N5O2S/c1-3-14-12-15-8-11(9-16-12)20(18,19)17(2)10-4-6-13-7-5-10/h4-9H,3H2,1-2H3,(H,14,15,16). The van der Waals surface area contributed by atoms with E-state index in [4.69, 9.17) is 0 Å². The van der Waals surface area contributed by atoms with Crippen molar-refractivity contribution in [1.82, 2.24) is 15.0 Å². The zero-order chi connectivity index (χ0) is 14.6. The molecule has 0 aliphatic heterocycles. The van der Waals surface area contributed by atoms with Gasteiger partial charge in [-0.1, -0.05) is 0 Å². The molecule has 0 unspecified atom stereocenters. The van der Waals surface area contributed by atoms with Gasteiger partial charge in [0.1, 0.15) is 4.90 Å². The zero-order valence-electron chi connectivity index (χ0n) is 11.2. The van der Waals surface area contributed by atoms with Crippen molar-refractivity contribution >= 4 is 21.7 Å². The van der Waals surface area contributed by atoms with E-state index in [2.05, 4.69) is 20.3 Å². The summed E-state index contributed by atoms with van der Waals surface area (Å²) in [5, 5.41) is 2.91. The molecule has 0 fully saturated rings. The van der Waals surface area contributed by atoms with E-state index in [-0.39, 0.29) is 4.90 Å². The minimum Gasteiger partial charge on any atom is -0.355 e. The molecular formula is C12H15N5O2S. The number of hydrogen-bond donors (Lipinski definition) is 1. The summed E-state index contributed by atoms with van der Waals surface area (Å²) >= 11 is 0. The molecule has 0 atom stereocenters. The lowest BCUT2D eigenvalue weighted by atomic mass is 10.4. The van der Waals surface area contributed by atoms with Gasteiger partial charge in [0.15, 0.2) is 0 Å². The molecule has 2 heterocycles. The van der Waals surface area contributed by atoms with Crippen LogP contribution in [0.2, 0.25) is 0 Å². The summed E-state index contributed by atoms with van der Waals surface area (Å²) in [5.41, 5.74) is 0.524. The SMILES string of the molecule is CCNc1ncc(S(=O)(=O)N(C)c2ccncc2)cn1. The van der Waals surface area contributed by atoms with E-state index in [0.717, 1.165) is 0 Å². The van der Waals surface area contributed by atoms with Crippen LogP contribution in [0.1, 0.15) is 6.92 Å². The Labute approximate surface area is 117 Å². The third kappa shape index (κ3) is 2.85. The number of anilines is 2. The summed E-state index contributed by atoms with van der Waals surface area (Å²) in [4.78, 5) is 11.8. The van der Waals surface area contributed by atoms with Crippen LogP contribution in [-0.2, 0) is 10.0 Å². The fraction of sp³-hybridized carbons (Fsp3) is 0.250. The number of rotatable bonds is 5. The van der Waals surface area contributed by atoms with E-state index in [1.807, 2.05) is 6.92 Å². The first-order valence-corrected chi connectivity index (χ1v) is 7.44. The molecule has 0 radical (unpaired) electrons. The maximum absolute atomic E-state index is 12.4. The average Bonchev–Trinajstić information content (AvgIpc) is 2.48. The Morgan fingerprint density at radius 3 is 2.35 bits per heavy atom. The largest absolute Gasteiger partial charge is 0.355 e. The molecule has 8 heteroatoms. The van der Waals surface area contributed by atoms with Crippen molar-refractivity contribution in [1.29, 1.82) is 0 Å². The van der Waals surface area contributed by atoms with Crippen LogP contribution in [0.4, 0.5) is 11.6 Å². The third-order valence-electron chi connectivity index (χ3n) is 2.65. The molecule has 0 aromatic carbocycles. The number of nitrogens with zero attached hydrogens (tertiary/aromatic N) is 4. The van der Waals surface area contributed by atoms with Crippen LogP contribution in [0.15, 0.2) is 41.8 Å². The number of sulfonamides is 1. The van der Waals surface area contributed by atoms with Gasteiger partial charge in [0.25, 0.3) is 10.0 Å². The predicted molar refractivity (Wildman–Crippen MR) is 76.0 cm³/mol. The molecule has 0 aliphatic carbocycles. The van der Waals surface area contributed by atoms with Crippen LogP contribution in [0, 0.1) is 0 Å². The quantitative estimate of drug-likeness (QED) is 0.889. The Balaban J connectivity index is 2.30. The monoisotopic (exact) mass is 293 g/mol. The molecule has 7 nitrogen and oxygen atoms in total. The van der Waals surface area contributed by atoms with Gasteiger partial charge in [-0.3, -0.25) is 9.29 Å². The molecule has 0 bridgehead atoms. The lowest BCUT2D eigenvalue weighted by molar-refractivity contribution is 0.593. The Bertz CT molecular complexity index is 658. The Morgan fingerprint density at radius 1 is 1.20 bits per heavy atom. The lowest BCUT2D eigenvalue weighted by Gasteiger charge is -2.18. The van der Waals surface area contributed by atoms with Gasteiger partial charge in [0.2, 0.25) is 5.95 Å². The molecule has 1 N–H and O–H groups in total. The molecular weight excluding hydrogens is 278 g/mol. The van der Waals surface area contributed by atoms with Gasteiger partial charge < -0.3 is 5.32 Å². The average molecular weight is 293 g/mol. The van der Waals surface area contributed by atoms with Crippen molar-refractivity contribution in [3.63, 3.8) is 0 Å². The molecule has 2 rings (SSSR count). The van der Waals surface area contributed by atoms with Crippen molar-refractivity contribution in [2.24, 2.45) is 0 Å². The van der Waals surface area contributed by atoms with Crippen molar-refractivity contribution in [2.45, 2.75) is 11.8 Å². The summed E-state index contributed by atoms with van der Waals surface area (Å²) in [6, 6.07) is 3.23. The van der Waals surface area contributed by atoms with Gasteiger partial charge in [-0.15, -0.1) is 0 Å². The van der Waals surface area contributed by atoms with Crippen LogP contribution in [-0.4, -0.2) is 37.0 Å². The van der Waals surface area contributed by atoms with Gasteiger partial charge in [-0.2, -0.15) is 0 Å². The van der Waals surface area contributed by atoms with Crippen LogP contribution in [0.3, 0.4) is 0 Å². The van der Waals surface area contributed by atoms with Gasteiger partial charge in [-0.05, 0) is 19.1 Å². The fourth-order valence-corrected chi connectivity index (χ4v) is 2.64. The van der Waals surface area contributed by atoms with E-state index in [0.29, 0.717) is 18.2 Å². The first-order chi connectivity index (χ1) is 9.55. The number of nitrogens with one attached hydrogen (secondary N) is 1. The highest BCUT2D eigenvalue weighted by Gasteiger charge is 2.22. The summed E-state index contributed by atoms with van der Waals surface area (Å²) in [7, 11) is -2.20. The van der Waals surface area contributed by atoms with Crippen molar-refractivity contribution in [3.8, 4) is 0 Å². The van der Waals surface area contributed by atoms with Crippen LogP contribution in [0.25, 0.3) is 0 Å². The van der Waals surface area contributed by atoms with Crippen LogP contribution < -0.4 is 9.62 Å². The predicted octanol–water partition coefficient (Wildman–Crippen LogP) is 1.13. The highest BCUT2D eigenvalue weighted by Crippen LogP contribution is 2.20. The zero-order valence-corrected chi connectivity index (χ0v) is 12.0. The molecule has 0 aliphatic rings. The topological polar surface area (TPSA) is 88.1 Å². The number of hydrogen-bond acceptors (Lipinski definition) is 6. The summed E-state index contributed by atoms with van der Waals surface area (Å²) in [5.74, 6) is 0.401. The lowest BCUT2D eigenvalue weighted by Crippen LogP contribution is -2.26. The highest BCUT2D eigenvalue weighted by molar-refractivity contribution is 7.92. The van der Waals surface area contributed by atoms with E-state index in [1.165, 1.54) is 36.1 Å². The van der Waals surface area contributed by atoms with Crippen molar-refractivity contribution in [3.05, 3.63) is 36.9 Å². The molecule has 0 saturated carbocycles. The van der Waals surface area contributed by atoms with Crippen LogP contribution in [0.5, 0.6) is 0 Å². The molecule has 2 aromatic heterocycles. The van der Waals surface area contributed by atoms with Crippen molar-refractivity contribution in [2.75, 3.05) is 23.2 Å². The fourth-order valence-electron chi connectivity index (χ4n) is 1.55. The Kier molecular flexibility index (Phi) is 4.14. The molecule has 20 heavy (non-hydrogen) atoms. The van der Waals surface area contributed by atoms with Crippen LogP contribution >= 0.6 is 0 Å². The summed E-state index contributed by atoms with van der Waals surface area (Å²) < 4.78 is 26.0. The second-order valence-electron chi connectivity index (χ2n) is 3.95. The van der Waals surface area contributed by atoms with E-state index in [9.17, 15) is 8.42 Å². The minimum atomic E-state index is -3.67. The maximum atomic E-state index is 12.4. The van der Waals surface area contributed by atoms with E-state index >= 15 is 0 Å². The first kappa shape index (κ1) is 14.2. The second-order valence-corrected chi connectivity index (χ2v) is 5.92. The van der Waals surface area contributed by atoms with Gasteiger partial charge in [0, 0.05) is 26.0 Å². The molecule has 0 amide bonds. The molecule has 2 aromatic rings. The normalized spacial score (nSPS) is 11.1. The van der Waals surface area contributed by atoms with E-state index in [1.54, 1.807) is 12.1 Å². The molecule has 0 spiro atoms. The first-order valence-electron chi connectivity index (χ1n) is 6.00. The number of pyridine rings is 1. The van der Waals surface area contributed by atoms with Gasteiger partial charge in [-0.25, -0.2) is 18.4 Å². The highest BCUT2D eigenvalue weighted by atomic mass is 32.2. The smallest absolute Gasteiger partial charge is 0.267 e. The molecule has 0 saturated heterocycles. The van der Waals surface area contributed by atoms with Crippen molar-refractivity contribution < 1.29 is 8.42 Å². The minimum absolute atomic E-state index is 0.0402. The Hall–Kier alpha value is -2.22. The third-order valence-corrected chi connectivity index (χ3v) is 4.39. The van der Waals surface area contributed by atoms with E-state index < -0.39 is 10.0 Å².